The van der Waals surface area contributed by atoms with Gasteiger partial charge in [0.2, 0.25) is 0 Å². The summed E-state index contributed by atoms with van der Waals surface area (Å²) in [5.74, 6) is -0.935. The van der Waals surface area contributed by atoms with E-state index in [0.29, 0.717) is 29.2 Å². The number of rotatable bonds is 9. The molecule has 1 heterocycles. The summed E-state index contributed by atoms with van der Waals surface area (Å²) in [5.41, 5.74) is 8.37. The van der Waals surface area contributed by atoms with Crippen molar-refractivity contribution in [3.8, 4) is 11.1 Å². The minimum atomic E-state index is -0.935. The number of carboxylic acids is 1. The molecule has 6 heteroatoms. The number of carboxylic acid groups (broad SMARTS) is 1. The maximum atomic E-state index is 12.0. The quantitative estimate of drug-likeness (QED) is 0.193. The van der Waals surface area contributed by atoms with Crippen molar-refractivity contribution in [2.45, 2.75) is 33.0 Å². The smallest absolute Gasteiger partial charge is 0.336 e. The van der Waals surface area contributed by atoms with Gasteiger partial charge < -0.3 is 14.5 Å². The Morgan fingerprint density at radius 2 is 1.72 bits per heavy atom. The van der Waals surface area contributed by atoms with E-state index in [0.717, 1.165) is 45.1 Å². The molecule has 0 saturated heterocycles. The number of hydrogen-bond acceptors (Lipinski definition) is 3. The molecular formula is C33H29ClN2O3. The van der Waals surface area contributed by atoms with E-state index in [1.54, 1.807) is 12.1 Å². The summed E-state index contributed by atoms with van der Waals surface area (Å²) in [6.07, 6.45) is 0.939. The van der Waals surface area contributed by atoms with E-state index in [2.05, 4.69) is 35.9 Å². The highest BCUT2D eigenvalue weighted by atomic mass is 35.5. The van der Waals surface area contributed by atoms with Crippen LogP contribution in [-0.4, -0.2) is 21.9 Å². The standard InChI is InChI=1S/C33H29ClN2O3/c1-21-22(2)36(19-23-10-12-25(13-11-23)28-8-3-4-9-29(28)33(38)39)32-15-14-26(17-30(21)32)31(20-37)35-18-24-6-5-7-27(34)16-24/h3-17,20,31,35H,18-19H2,1-2H3,(H,38,39). The first-order valence-electron chi connectivity index (χ1n) is 12.8. The number of nitrogens with one attached hydrogen (secondary N) is 1. The molecule has 1 aromatic heterocycles. The number of carbonyl (C=O) groups excluding carboxylic acids is 1. The average Bonchev–Trinajstić information content (AvgIpc) is 3.18. The Balaban J connectivity index is 1.39. The molecule has 0 amide bonds. The third kappa shape index (κ3) is 5.51. The lowest BCUT2D eigenvalue weighted by Crippen LogP contribution is -2.22. The number of aryl methyl sites for hydroxylation is 1. The van der Waals surface area contributed by atoms with E-state index < -0.39 is 12.0 Å². The summed E-state index contributed by atoms with van der Waals surface area (Å²) in [6, 6.07) is 28.5. The first-order valence-corrected chi connectivity index (χ1v) is 13.2. The van der Waals surface area contributed by atoms with Gasteiger partial charge in [0.1, 0.15) is 6.29 Å². The molecule has 0 aliphatic carbocycles. The predicted molar refractivity (Wildman–Crippen MR) is 156 cm³/mol. The highest BCUT2D eigenvalue weighted by molar-refractivity contribution is 6.30. The van der Waals surface area contributed by atoms with Crippen LogP contribution in [0.4, 0.5) is 0 Å². The summed E-state index contributed by atoms with van der Waals surface area (Å²) < 4.78 is 2.28. The number of fused-ring (bicyclic) bond motifs is 1. The predicted octanol–water partition coefficient (Wildman–Crippen LogP) is 7.35. The Hall–Kier alpha value is -4.19. The normalized spacial score (nSPS) is 12.0. The lowest BCUT2D eigenvalue weighted by molar-refractivity contribution is -0.109. The highest BCUT2D eigenvalue weighted by Gasteiger charge is 2.16. The summed E-state index contributed by atoms with van der Waals surface area (Å²) in [7, 11) is 0. The SMILES string of the molecule is Cc1c(C)n(Cc2ccc(-c3ccccc3C(=O)O)cc2)c2ccc(C(C=O)NCc3cccc(Cl)c3)cc12. The van der Waals surface area contributed by atoms with Gasteiger partial charge in [0.25, 0.3) is 0 Å². The largest absolute Gasteiger partial charge is 0.478 e. The van der Waals surface area contributed by atoms with Crippen LogP contribution in [0.1, 0.15) is 44.3 Å². The van der Waals surface area contributed by atoms with Gasteiger partial charge in [-0.2, -0.15) is 0 Å². The molecule has 196 valence electrons. The summed E-state index contributed by atoms with van der Waals surface area (Å²) in [4.78, 5) is 23.6. The fraction of sp³-hybridized carbons (Fsp3) is 0.152. The van der Waals surface area contributed by atoms with Gasteiger partial charge in [-0.15, -0.1) is 0 Å². The molecule has 0 aliphatic heterocycles. The number of aromatic nitrogens is 1. The second kappa shape index (κ2) is 11.3. The van der Waals surface area contributed by atoms with E-state index in [1.165, 1.54) is 5.56 Å². The summed E-state index contributed by atoms with van der Waals surface area (Å²) in [5, 5.41) is 14.7. The van der Waals surface area contributed by atoms with Crippen molar-refractivity contribution in [1.82, 2.24) is 9.88 Å². The molecule has 0 saturated carbocycles. The van der Waals surface area contributed by atoms with Crippen molar-refractivity contribution in [2.75, 3.05) is 0 Å². The Morgan fingerprint density at radius 1 is 0.949 bits per heavy atom. The van der Waals surface area contributed by atoms with Crippen molar-refractivity contribution in [1.29, 1.82) is 0 Å². The number of hydrogen-bond donors (Lipinski definition) is 2. The van der Waals surface area contributed by atoms with E-state index in [1.807, 2.05) is 66.7 Å². The van der Waals surface area contributed by atoms with Gasteiger partial charge in [0.05, 0.1) is 11.6 Å². The second-order valence-electron chi connectivity index (χ2n) is 9.75. The van der Waals surface area contributed by atoms with Gasteiger partial charge in [-0.25, -0.2) is 4.79 Å². The summed E-state index contributed by atoms with van der Waals surface area (Å²) in [6.45, 7) is 5.44. The fourth-order valence-corrected chi connectivity index (χ4v) is 5.29. The van der Waals surface area contributed by atoms with Crippen LogP contribution in [0.2, 0.25) is 5.02 Å². The monoisotopic (exact) mass is 536 g/mol. The van der Waals surface area contributed by atoms with Crippen LogP contribution >= 0.6 is 11.6 Å². The minimum Gasteiger partial charge on any atom is -0.478 e. The van der Waals surface area contributed by atoms with Gasteiger partial charge >= 0.3 is 5.97 Å². The maximum Gasteiger partial charge on any atom is 0.336 e. The number of carbonyl (C=O) groups is 2. The van der Waals surface area contributed by atoms with E-state index in [4.69, 9.17) is 11.6 Å². The number of halogens is 1. The Bertz CT molecular complexity index is 1670. The van der Waals surface area contributed by atoms with E-state index in [9.17, 15) is 14.7 Å². The maximum absolute atomic E-state index is 12.0. The number of benzene rings is 4. The molecule has 5 aromatic rings. The minimum absolute atomic E-state index is 0.291. The van der Waals surface area contributed by atoms with Crippen LogP contribution in [0, 0.1) is 13.8 Å². The highest BCUT2D eigenvalue weighted by Crippen LogP contribution is 2.30. The summed E-state index contributed by atoms with van der Waals surface area (Å²) >= 11 is 6.10. The number of nitrogens with zero attached hydrogens (tertiary/aromatic N) is 1. The molecule has 5 rings (SSSR count). The topological polar surface area (TPSA) is 71.3 Å². The van der Waals surface area contributed by atoms with Crippen LogP contribution in [0.25, 0.3) is 22.0 Å². The fourth-order valence-electron chi connectivity index (χ4n) is 5.08. The van der Waals surface area contributed by atoms with E-state index >= 15 is 0 Å². The Labute approximate surface area is 232 Å². The first kappa shape index (κ1) is 26.4. The van der Waals surface area contributed by atoms with Crippen LogP contribution < -0.4 is 5.32 Å². The average molecular weight is 537 g/mol. The van der Waals surface area contributed by atoms with Gasteiger partial charge in [-0.1, -0.05) is 72.3 Å². The second-order valence-corrected chi connectivity index (χ2v) is 10.2. The van der Waals surface area contributed by atoms with Gasteiger partial charge in [-0.3, -0.25) is 5.32 Å². The lowest BCUT2D eigenvalue weighted by atomic mass is 9.99. The Kier molecular flexibility index (Phi) is 7.64. The zero-order valence-electron chi connectivity index (χ0n) is 21.8. The van der Waals surface area contributed by atoms with Crippen LogP contribution in [0.3, 0.4) is 0 Å². The molecule has 4 aromatic carbocycles. The van der Waals surface area contributed by atoms with Crippen LogP contribution in [0.5, 0.6) is 0 Å². The van der Waals surface area contributed by atoms with Gasteiger partial charge in [0, 0.05) is 34.7 Å². The lowest BCUT2D eigenvalue weighted by Gasteiger charge is -2.14. The van der Waals surface area contributed by atoms with Crippen molar-refractivity contribution < 1.29 is 14.7 Å². The molecule has 2 N–H and O–H groups in total. The van der Waals surface area contributed by atoms with Crippen molar-refractivity contribution in [2.24, 2.45) is 0 Å². The Morgan fingerprint density at radius 3 is 2.44 bits per heavy atom. The third-order valence-electron chi connectivity index (χ3n) is 7.34. The van der Waals surface area contributed by atoms with Crippen LogP contribution in [-0.2, 0) is 17.9 Å². The molecule has 5 nitrogen and oxygen atoms in total. The van der Waals surface area contributed by atoms with Crippen molar-refractivity contribution in [3.05, 3.63) is 130 Å². The van der Waals surface area contributed by atoms with E-state index in [-0.39, 0.29) is 0 Å². The van der Waals surface area contributed by atoms with Crippen molar-refractivity contribution >= 4 is 34.8 Å². The zero-order valence-corrected chi connectivity index (χ0v) is 22.6. The third-order valence-corrected chi connectivity index (χ3v) is 7.57. The number of aromatic carboxylic acids is 1. The molecule has 0 aliphatic rings. The van der Waals surface area contributed by atoms with Gasteiger partial charge in [0.15, 0.2) is 0 Å². The molecular weight excluding hydrogens is 508 g/mol. The molecule has 39 heavy (non-hydrogen) atoms. The van der Waals surface area contributed by atoms with Crippen molar-refractivity contribution in [3.63, 3.8) is 0 Å². The number of aldehydes is 1. The molecule has 0 spiro atoms. The van der Waals surface area contributed by atoms with Crippen LogP contribution in [0.15, 0.2) is 91.0 Å². The molecule has 0 fully saturated rings. The zero-order chi connectivity index (χ0) is 27.5. The molecule has 0 radical (unpaired) electrons. The molecule has 1 atom stereocenters. The van der Waals surface area contributed by atoms with Gasteiger partial charge in [-0.05, 0) is 77.6 Å². The molecule has 0 bridgehead atoms. The molecule has 1 unspecified atom stereocenters. The first-order chi connectivity index (χ1) is 18.9.